The molecule has 1 atom stereocenters. The van der Waals surface area contributed by atoms with Crippen LogP contribution in [0.5, 0.6) is 5.75 Å². The van der Waals surface area contributed by atoms with Gasteiger partial charge in [-0.1, -0.05) is 24.1 Å². The Balaban J connectivity index is 1.52. The van der Waals surface area contributed by atoms with Gasteiger partial charge in [0.1, 0.15) is 18.2 Å². The highest BCUT2D eigenvalue weighted by Gasteiger charge is 2.24. The zero-order valence-corrected chi connectivity index (χ0v) is 16.1. The number of nitrogens with two attached hydrogens (primary N) is 1. The molecule has 0 amide bonds. The monoisotopic (exact) mass is 375 g/mol. The zero-order valence-electron chi connectivity index (χ0n) is 16.1. The average molecular weight is 375 g/mol. The van der Waals surface area contributed by atoms with E-state index in [1.54, 1.807) is 4.52 Å². The number of hydrogen-bond acceptors (Lipinski definition) is 5. The summed E-state index contributed by atoms with van der Waals surface area (Å²) in [6.07, 6.45) is 7.58. The molecular weight excluding hydrogens is 350 g/mol. The number of aromatic nitrogens is 3. The first-order valence-electron chi connectivity index (χ1n) is 9.63. The number of hydrogen-bond donors (Lipinski definition) is 1. The van der Waals surface area contributed by atoms with Crippen LogP contribution in [0.2, 0.25) is 0 Å². The summed E-state index contributed by atoms with van der Waals surface area (Å²) in [7, 11) is 0. The Bertz CT molecular complexity index is 1020. The van der Waals surface area contributed by atoms with Crippen LogP contribution < -0.4 is 10.5 Å². The molecule has 0 spiro atoms. The molecule has 6 nitrogen and oxygen atoms in total. The van der Waals surface area contributed by atoms with Crippen molar-refractivity contribution in [3.05, 3.63) is 53.3 Å². The molecule has 0 radical (unpaired) electrons. The van der Waals surface area contributed by atoms with Crippen molar-refractivity contribution in [3.8, 4) is 18.1 Å². The quantitative estimate of drug-likeness (QED) is 0.694. The first kappa shape index (κ1) is 18.3. The van der Waals surface area contributed by atoms with Gasteiger partial charge in [-0.3, -0.25) is 4.90 Å². The molecule has 3 aromatic rings. The lowest BCUT2D eigenvalue weighted by Crippen LogP contribution is -2.34. The minimum atomic E-state index is 0.285. The molecule has 0 bridgehead atoms. The summed E-state index contributed by atoms with van der Waals surface area (Å²) in [5, 5.41) is 4.39. The summed E-state index contributed by atoms with van der Waals surface area (Å²) < 4.78 is 7.41. The number of piperidine rings is 1. The van der Waals surface area contributed by atoms with E-state index in [4.69, 9.17) is 21.9 Å². The number of rotatable bonds is 5. The van der Waals surface area contributed by atoms with Crippen LogP contribution in [-0.4, -0.2) is 39.2 Å². The molecule has 3 heterocycles. The SMILES string of the molecule is C#CCOc1ccccc1CN1CCC[C@H](c2cc(N)n3nc(C)cc3n2)C1. The highest BCUT2D eigenvalue weighted by molar-refractivity contribution is 5.48. The Morgan fingerprint density at radius 3 is 3.04 bits per heavy atom. The van der Waals surface area contributed by atoms with Gasteiger partial charge in [-0.2, -0.15) is 9.61 Å². The van der Waals surface area contributed by atoms with Gasteiger partial charge in [0, 0.05) is 36.7 Å². The Morgan fingerprint density at radius 1 is 1.32 bits per heavy atom. The van der Waals surface area contributed by atoms with Crippen molar-refractivity contribution in [1.29, 1.82) is 0 Å². The topological polar surface area (TPSA) is 68.7 Å². The van der Waals surface area contributed by atoms with Gasteiger partial charge in [-0.25, -0.2) is 4.98 Å². The van der Waals surface area contributed by atoms with E-state index in [9.17, 15) is 0 Å². The van der Waals surface area contributed by atoms with Crippen LogP contribution in [0.25, 0.3) is 5.65 Å². The smallest absolute Gasteiger partial charge is 0.157 e. The second kappa shape index (κ2) is 7.91. The number of aryl methyl sites for hydroxylation is 1. The molecule has 2 aromatic heterocycles. The van der Waals surface area contributed by atoms with E-state index < -0.39 is 0 Å². The van der Waals surface area contributed by atoms with Crippen LogP contribution in [-0.2, 0) is 6.54 Å². The molecule has 4 rings (SSSR count). The lowest BCUT2D eigenvalue weighted by Gasteiger charge is -2.33. The highest BCUT2D eigenvalue weighted by Crippen LogP contribution is 2.29. The average Bonchev–Trinajstić information content (AvgIpc) is 3.08. The van der Waals surface area contributed by atoms with Crippen molar-refractivity contribution < 1.29 is 4.74 Å². The van der Waals surface area contributed by atoms with Gasteiger partial charge >= 0.3 is 0 Å². The summed E-state index contributed by atoms with van der Waals surface area (Å²) >= 11 is 0. The molecule has 28 heavy (non-hydrogen) atoms. The second-order valence-corrected chi connectivity index (χ2v) is 7.34. The van der Waals surface area contributed by atoms with Gasteiger partial charge in [-0.15, -0.1) is 6.42 Å². The van der Waals surface area contributed by atoms with E-state index in [1.165, 1.54) is 0 Å². The van der Waals surface area contributed by atoms with Crippen LogP contribution in [0, 0.1) is 19.3 Å². The van der Waals surface area contributed by atoms with Crippen molar-refractivity contribution >= 4 is 11.5 Å². The minimum Gasteiger partial charge on any atom is -0.481 e. The number of terminal acetylenes is 1. The molecule has 1 aliphatic heterocycles. The summed E-state index contributed by atoms with van der Waals surface area (Å²) in [5.74, 6) is 4.39. The maximum absolute atomic E-state index is 6.22. The van der Waals surface area contributed by atoms with E-state index in [0.717, 1.165) is 60.8 Å². The Hall–Kier alpha value is -3.04. The number of fused-ring (bicyclic) bond motifs is 1. The lowest BCUT2D eigenvalue weighted by molar-refractivity contribution is 0.196. The molecule has 1 aliphatic rings. The van der Waals surface area contributed by atoms with E-state index in [-0.39, 0.29) is 6.61 Å². The van der Waals surface area contributed by atoms with Crippen LogP contribution >= 0.6 is 0 Å². The number of benzene rings is 1. The Morgan fingerprint density at radius 2 is 2.18 bits per heavy atom. The molecule has 6 heteroatoms. The van der Waals surface area contributed by atoms with Crippen LogP contribution in [0.15, 0.2) is 36.4 Å². The first-order valence-corrected chi connectivity index (χ1v) is 9.63. The number of nitrogen functional groups attached to an aromatic ring is 1. The van der Waals surface area contributed by atoms with Gasteiger partial charge < -0.3 is 10.5 Å². The van der Waals surface area contributed by atoms with Crippen LogP contribution in [0.1, 0.15) is 35.7 Å². The zero-order chi connectivity index (χ0) is 19.5. The fourth-order valence-electron chi connectivity index (χ4n) is 3.92. The van der Waals surface area contributed by atoms with Crippen molar-refractivity contribution in [1.82, 2.24) is 19.5 Å². The second-order valence-electron chi connectivity index (χ2n) is 7.34. The molecule has 1 aromatic carbocycles. The van der Waals surface area contributed by atoms with E-state index >= 15 is 0 Å². The van der Waals surface area contributed by atoms with Crippen molar-refractivity contribution in [2.75, 3.05) is 25.4 Å². The van der Waals surface area contributed by atoms with Crippen molar-refractivity contribution in [2.24, 2.45) is 0 Å². The van der Waals surface area contributed by atoms with Crippen LogP contribution in [0.4, 0.5) is 5.82 Å². The molecule has 0 saturated carbocycles. The minimum absolute atomic E-state index is 0.285. The number of anilines is 1. The molecule has 1 fully saturated rings. The Labute approximate surface area is 165 Å². The first-order chi connectivity index (χ1) is 13.6. The number of ether oxygens (including phenoxy) is 1. The highest BCUT2D eigenvalue weighted by atomic mass is 16.5. The largest absolute Gasteiger partial charge is 0.481 e. The van der Waals surface area contributed by atoms with E-state index in [1.807, 2.05) is 37.3 Å². The molecule has 2 N–H and O–H groups in total. The standard InChI is InChI=1S/C22H25N5O/c1-3-11-28-20-9-5-4-7-18(20)15-26-10-6-8-17(14-26)19-13-21(23)27-22(24-19)12-16(2)25-27/h1,4-5,7,9,12-13,17H,6,8,10-11,14-15,23H2,2H3/t17-/m0/s1. The van der Waals surface area contributed by atoms with Gasteiger partial charge in [-0.05, 0) is 32.4 Å². The van der Waals surface area contributed by atoms with Gasteiger partial charge in [0.2, 0.25) is 0 Å². The van der Waals surface area contributed by atoms with Gasteiger partial charge in [0.05, 0.1) is 11.4 Å². The third-order valence-corrected chi connectivity index (χ3v) is 5.20. The number of nitrogens with zero attached hydrogens (tertiary/aromatic N) is 4. The third-order valence-electron chi connectivity index (χ3n) is 5.20. The number of likely N-dealkylation sites (tertiary alicyclic amines) is 1. The maximum Gasteiger partial charge on any atom is 0.157 e. The third kappa shape index (κ3) is 3.80. The fraction of sp³-hybridized carbons (Fsp3) is 0.364. The van der Waals surface area contributed by atoms with E-state index in [0.29, 0.717) is 11.7 Å². The summed E-state index contributed by atoms with van der Waals surface area (Å²) in [6, 6.07) is 12.0. The molecular formula is C22H25N5O. The van der Waals surface area contributed by atoms with Gasteiger partial charge in [0.15, 0.2) is 5.65 Å². The van der Waals surface area contributed by atoms with E-state index in [2.05, 4.69) is 22.0 Å². The fourth-order valence-corrected chi connectivity index (χ4v) is 3.92. The summed E-state index contributed by atoms with van der Waals surface area (Å²) in [4.78, 5) is 7.28. The van der Waals surface area contributed by atoms with Crippen molar-refractivity contribution in [3.63, 3.8) is 0 Å². The Kier molecular flexibility index (Phi) is 5.18. The maximum atomic E-state index is 6.22. The van der Waals surface area contributed by atoms with Crippen LogP contribution in [0.3, 0.4) is 0 Å². The predicted octanol–water partition coefficient (Wildman–Crippen LogP) is 3.01. The predicted molar refractivity (Wildman–Crippen MR) is 110 cm³/mol. The summed E-state index contributed by atoms with van der Waals surface area (Å²) in [6.45, 7) is 5.08. The number of para-hydroxylation sites is 1. The molecule has 0 aliphatic carbocycles. The summed E-state index contributed by atoms with van der Waals surface area (Å²) in [5.41, 5.74) is 10.2. The lowest BCUT2D eigenvalue weighted by atomic mass is 9.94. The molecule has 144 valence electrons. The van der Waals surface area contributed by atoms with Gasteiger partial charge in [0.25, 0.3) is 0 Å². The normalized spacial score (nSPS) is 17.5. The molecule has 1 saturated heterocycles. The van der Waals surface area contributed by atoms with Crippen molar-refractivity contribution in [2.45, 2.75) is 32.2 Å². The molecule has 0 unspecified atom stereocenters.